The van der Waals surface area contributed by atoms with E-state index >= 15 is 0 Å². The number of benzene rings is 1. The Balaban J connectivity index is 2.25. The van der Waals surface area contributed by atoms with Crippen LogP contribution in [0.3, 0.4) is 0 Å². The molecule has 0 saturated carbocycles. The molecule has 0 bridgehead atoms. The van der Waals surface area contributed by atoms with Gasteiger partial charge in [-0.15, -0.1) is 0 Å². The van der Waals surface area contributed by atoms with E-state index in [1.807, 2.05) is 0 Å². The third-order valence-corrected chi connectivity index (χ3v) is 4.13. The number of rotatable bonds is 1. The van der Waals surface area contributed by atoms with Gasteiger partial charge in [0.2, 0.25) is 0 Å². The molecule has 0 radical (unpaired) electrons. The summed E-state index contributed by atoms with van der Waals surface area (Å²) in [6.07, 6.45) is 1.00. The lowest BCUT2D eigenvalue weighted by Crippen LogP contribution is -2.08. The van der Waals surface area contributed by atoms with Crippen LogP contribution < -0.4 is 5.73 Å². The Kier molecular flexibility index (Phi) is 3.38. The van der Waals surface area contributed by atoms with Crippen LogP contribution in [-0.2, 0) is 6.42 Å². The Labute approximate surface area is 125 Å². The van der Waals surface area contributed by atoms with Gasteiger partial charge in [-0.1, -0.05) is 19.9 Å². The quantitative estimate of drug-likeness (QED) is 0.593. The molecule has 0 spiro atoms. The second kappa shape index (κ2) is 5.00. The topological polar surface area (TPSA) is 26.0 Å². The van der Waals surface area contributed by atoms with Crippen molar-refractivity contribution in [1.29, 1.82) is 0 Å². The molecule has 1 nitrogen and oxygen atoms in total. The monoisotopic (exact) mass is 309 g/mol. The largest absolute Gasteiger partial charge is 0.396 e. The zero-order valence-electron chi connectivity index (χ0n) is 12.2. The van der Waals surface area contributed by atoms with E-state index in [1.54, 1.807) is 19.9 Å². The van der Waals surface area contributed by atoms with Gasteiger partial charge >= 0.3 is 0 Å². The molecular formula is C17H15F4N. The van der Waals surface area contributed by atoms with E-state index in [9.17, 15) is 17.6 Å². The minimum atomic E-state index is -1.57. The van der Waals surface area contributed by atoms with Gasteiger partial charge in [0, 0.05) is 11.1 Å². The number of anilines is 1. The Morgan fingerprint density at radius 2 is 1.86 bits per heavy atom. The van der Waals surface area contributed by atoms with Crippen molar-refractivity contribution in [2.24, 2.45) is 5.92 Å². The zero-order valence-corrected chi connectivity index (χ0v) is 12.2. The second-order valence-electron chi connectivity index (χ2n) is 5.92. The maximum atomic E-state index is 14.4. The maximum absolute atomic E-state index is 14.4. The molecule has 0 aliphatic heterocycles. The van der Waals surface area contributed by atoms with Gasteiger partial charge in [-0.25, -0.2) is 17.6 Å². The highest BCUT2D eigenvalue weighted by Crippen LogP contribution is 2.44. The summed E-state index contributed by atoms with van der Waals surface area (Å²) in [5.41, 5.74) is 6.20. The van der Waals surface area contributed by atoms with Gasteiger partial charge in [0.25, 0.3) is 0 Å². The molecule has 2 aliphatic carbocycles. The molecule has 0 fully saturated rings. The summed E-state index contributed by atoms with van der Waals surface area (Å²) in [7, 11) is 0. The van der Waals surface area contributed by atoms with Gasteiger partial charge in [0.15, 0.2) is 11.6 Å². The number of halogens is 4. The fourth-order valence-corrected chi connectivity index (χ4v) is 3.03. The van der Waals surface area contributed by atoms with Crippen molar-refractivity contribution in [3.8, 4) is 0 Å². The Morgan fingerprint density at radius 1 is 1.18 bits per heavy atom. The number of hydrogen-bond donors (Lipinski definition) is 1. The molecule has 1 aromatic carbocycles. The molecule has 2 N–H and O–H groups in total. The van der Waals surface area contributed by atoms with Crippen LogP contribution in [0.1, 0.15) is 25.0 Å². The summed E-state index contributed by atoms with van der Waals surface area (Å²) < 4.78 is 56.4. The molecule has 1 unspecified atom stereocenters. The fraction of sp³-hybridized carbons (Fsp3) is 0.294. The van der Waals surface area contributed by atoms with E-state index in [4.69, 9.17) is 5.73 Å². The van der Waals surface area contributed by atoms with E-state index in [1.165, 1.54) is 6.07 Å². The summed E-state index contributed by atoms with van der Waals surface area (Å²) in [6, 6.07) is 1.31. The van der Waals surface area contributed by atoms with Crippen LogP contribution in [0.2, 0.25) is 0 Å². The van der Waals surface area contributed by atoms with Crippen molar-refractivity contribution < 1.29 is 17.6 Å². The SMILES string of the molecule is CC(C)C1=CC2=C(C(F)=CC1F)c1c(cc(N)c(F)c1F)C2. The first-order valence-electron chi connectivity index (χ1n) is 7.04. The summed E-state index contributed by atoms with van der Waals surface area (Å²) in [5.74, 6) is -3.37. The summed E-state index contributed by atoms with van der Waals surface area (Å²) in [5, 5.41) is 0. The average molecular weight is 309 g/mol. The molecule has 0 aromatic heterocycles. The van der Waals surface area contributed by atoms with Crippen LogP contribution in [-0.4, -0.2) is 6.17 Å². The Morgan fingerprint density at radius 3 is 2.50 bits per heavy atom. The van der Waals surface area contributed by atoms with E-state index in [0.29, 0.717) is 16.7 Å². The van der Waals surface area contributed by atoms with Gasteiger partial charge in [-0.2, -0.15) is 0 Å². The molecule has 0 saturated heterocycles. The number of alkyl halides is 1. The highest BCUT2D eigenvalue weighted by atomic mass is 19.2. The molecule has 3 rings (SSSR count). The normalized spacial score (nSPS) is 20.6. The van der Waals surface area contributed by atoms with Gasteiger partial charge in [-0.3, -0.25) is 0 Å². The van der Waals surface area contributed by atoms with Crippen molar-refractivity contribution in [2.75, 3.05) is 5.73 Å². The van der Waals surface area contributed by atoms with Crippen molar-refractivity contribution in [3.05, 3.63) is 58.0 Å². The number of fused-ring (bicyclic) bond motifs is 2. The standard InChI is InChI=1S/C17H15F4N/c1-7(2)10-4-8-3-9-5-13(22)16(20)17(21)15(9)14(8)12(19)6-11(10)18/h4-7,11H,3,22H2,1-2H3. The zero-order chi connectivity index (χ0) is 16.2. The third-order valence-electron chi connectivity index (χ3n) is 4.13. The first-order valence-corrected chi connectivity index (χ1v) is 7.04. The lowest BCUT2D eigenvalue weighted by molar-refractivity contribution is 0.416. The van der Waals surface area contributed by atoms with Crippen LogP contribution >= 0.6 is 0 Å². The van der Waals surface area contributed by atoms with Crippen LogP contribution in [0.25, 0.3) is 5.57 Å². The molecular weight excluding hydrogens is 294 g/mol. The Bertz CT molecular complexity index is 756. The molecule has 2 aliphatic rings. The van der Waals surface area contributed by atoms with Crippen LogP contribution in [0.15, 0.2) is 35.2 Å². The highest BCUT2D eigenvalue weighted by molar-refractivity contribution is 5.88. The molecule has 5 heteroatoms. The Hall–Kier alpha value is -2.04. The summed E-state index contributed by atoms with van der Waals surface area (Å²) >= 11 is 0. The molecule has 22 heavy (non-hydrogen) atoms. The van der Waals surface area contributed by atoms with Gasteiger partial charge in [0.05, 0.1) is 5.69 Å². The summed E-state index contributed by atoms with van der Waals surface area (Å²) in [4.78, 5) is 0. The number of allylic oxidation sites excluding steroid dienone is 6. The van der Waals surface area contributed by atoms with Crippen LogP contribution in [0.5, 0.6) is 0 Å². The third kappa shape index (κ3) is 2.07. The number of nitrogens with two attached hydrogens (primary N) is 1. The minimum absolute atomic E-state index is 0.0651. The molecule has 116 valence electrons. The van der Waals surface area contributed by atoms with Crippen molar-refractivity contribution in [2.45, 2.75) is 26.4 Å². The van der Waals surface area contributed by atoms with Crippen molar-refractivity contribution in [1.82, 2.24) is 0 Å². The van der Waals surface area contributed by atoms with E-state index < -0.39 is 23.6 Å². The first-order chi connectivity index (χ1) is 10.3. The van der Waals surface area contributed by atoms with Crippen LogP contribution in [0, 0.1) is 17.6 Å². The molecule has 1 aromatic rings. The number of nitrogen functional groups attached to an aromatic ring is 1. The number of hydrogen-bond acceptors (Lipinski definition) is 1. The van der Waals surface area contributed by atoms with Crippen molar-refractivity contribution in [3.63, 3.8) is 0 Å². The smallest absolute Gasteiger partial charge is 0.182 e. The predicted octanol–water partition coefficient (Wildman–Crippen LogP) is 4.64. The molecule has 0 amide bonds. The first kappa shape index (κ1) is 14.9. The lowest BCUT2D eigenvalue weighted by Gasteiger charge is -2.13. The highest BCUT2D eigenvalue weighted by Gasteiger charge is 2.33. The van der Waals surface area contributed by atoms with Gasteiger partial charge in [-0.05, 0) is 41.2 Å². The molecule has 0 heterocycles. The van der Waals surface area contributed by atoms with Crippen molar-refractivity contribution >= 4 is 11.3 Å². The van der Waals surface area contributed by atoms with E-state index in [0.717, 1.165) is 6.08 Å². The van der Waals surface area contributed by atoms with Gasteiger partial charge in [0.1, 0.15) is 12.0 Å². The lowest BCUT2D eigenvalue weighted by atomic mass is 9.96. The maximum Gasteiger partial charge on any atom is 0.182 e. The van der Waals surface area contributed by atoms with E-state index in [2.05, 4.69) is 0 Å². The second-order valence-corrected chi connectivity index (χ2v) is 5.92. The van der Waals surface area contributed by atoms with Crippen LogP contribution in [0.4, 0.5) is 23.2 Å². The predicted molar refractivity (Wildman–Crippen MR) is 78.4 cm³/mol. The summed E-state index contributed by atoms with van der Waals surface area (Å²) in [6.45, 7) is 3.60. The molecule has 1 atom stereocenters. The van der Waals surface area contributed by atoms with Gasteiger partial charge < -0.3 is 5.73 Å². The average Bonchev–Trinajstić information content (AvgIpc) is 2.74. The van der Waals surface area contributed by atoms with E-state index in [-0.39, 0.29) is 29.2 Å². The fourth-order valence-electron chi connectivity index (χ4n) is 3.03. The minimum Gasteiger partial charge on any atom is -0.396 e.